The molecule has 0 aromatic rings. The van der Waals surface area contributed by atoms with Gasteiger partial charge in [0.05, 0.1) is 0 Å². The van der Waals surface area contributed by atoms with Crippen molar-refractivity contribution in [3.8, 4) is 0 Å². The Kier molecular flexibility index (Phi) is 36.5. The van der Waals surface area contributed by atoms with E-state index >= 15 is 0 Å². The maximum Gasteiger partial charge on any atom is 0.101 e. The monoisotopic (exact) mass is 687 g/mol. The fourth-order valence-corrected chi connectivity index (χ4v) is 8.13. The molecule has 2 nitrogen and oxygen atoms in total. The molecule has 0 aromatic heterocycles. The maximum absolute atomic E-state index is 2.73. The van der Waals surface area contributed by atoms with Gasteiger partial charge in [0.25, 0.3) is 0 Å². The van der Waals surface area contributed by atoms with Gasteiger partial charge in [0.1, 0.15) is 6.17 Å². The average molecular weight is 687 g/mol. The van der Waals surface area contributed by atoms with Crippen LogP contribution in [-0.4, -0.2) is 29.1 Å². The zero-order valence-electron chi connectivity index (χ0n) is 34.6. The molecule has 0 radical (unpaired) electrons. The van der Waals surface area contributed by atoms with E-state index in [2.05, 4.69) is 43.0 Å². The summed E-state index contributed by atoms with van der Waals surface area (Å²) in [6.07, 6.45) is 61.9. The molecule has 0 saturated carbocycles. The highest BCUT2D eigenvalue weighted by atomic mass is 15.4. The highest BCUT2D eigenvalue weighted by Gasteiger charge is 2.24. The van der Waals surface area contributed by atoms with Crippen molar-refractivity contribution >= 4 is 0 Å². The summed E-state index contributed by atoms with van der Waals surface area (Å²) in [6, 6.07) is 0. The summed E-state index contributed by atoms with van der Waals surface area (Å²) in [6.45, 7) is 9.49. The van der Waals surface area contributed by atoms with E-state index in [1.165, 1.54) is 264 Å². The molecule has 292 valence electrons. The topological polar surface area (TPSA) is 6.48 Å². The average Bonchev–Trinajstić information content (AvgIpc) is 3.50. The summed E-state index contributed by atoms with van der Waals surface area (Å²) >= 11 is 0. The van der Waals surface area contributed by atoms with Gasteiger partial charge in [-0.3, -0.25) is 0 Å². The van der Waals surface area contributed by atoms with Crippen molar-refractivity contribution in [2.45, 2.75) is 277 Å². The molecule has 0 fully saturated rings. The second-order valence-electron chi connectivity index (χ2n) is 16.4. The third-order valence-electron chi connectivity index (χ3n) is 11.6. The standard InChI is InChI=1S/C47H94N2/c1-4-7-10-13-16-18-20-22-24-25-26-28-30-32-34-36-39-42-47-48(43-40-37-15-12-9-6-3)45-46-49(47)44-41-38-35-33-31-29-27-23-21-19-17-14-11-8-5-2/h45-47H,4-44H2,1-3H3. The van der Waals surface area contributed by atoms with Gasteiger partial charge in [-0.15, -0.1) is 0 Å². The predicted molar refractivity (Wildman–Crippen MR) is 223 cm³/mol. The SMILES string of the molecule is CCCCCCCCCCCCCCCCCCCC1N(CCCCCCCC)C=CN1CCCCCCCCCCCCCCCCC. The van der Waals surface area contributed by atoms with Crippen molar-refractivity contribution < 1.29 is 0 Å². The minimum Gasteiger partial charge on any atom is -0.356 e. The Balaban J connectivity index is 2.11. The van der Waals surface area contributed by atoms with Gasteiger partial charge in [-0.25, -0.2) is 0 Å². The molecule has 1 unspecified atom stereocenters. The lowest BCUT2D eigenvalue weighted by atomic mass is 10.0. The Morgan fingerprint density at radius 2 is 0.469 bits per heavy atom. The lowest BCUT2D eigenvalue weighted by Crippen LogP contribution is -2.39. The smallest absolute Gasteiger partial charge is 0.101 e. The first-order valence-corrected chi connectivity index (χ1v) is 23.5. The van der Waals surface area contributed by atoms with Crippen LogP contribution in [0.1, 0.15) is 271 Å². The maximum atomic E-state index is 2.73. The van der Waals surface area contributed by atoms with Crippen LogP contribution in [0.15, 0.2) is 12.4 Å². The van der Waals surface area contributed by atoms with Gasteiger partial charge in [0, 0.05) is 25.5 Å². The van der Waals surface area contributed by atoms with Gasteiger partial charge in [-0.2, -0.15) is 0 Å². The van der Waals surface area contributed by atoms with Crippen molar-refractivity contribution in [3.63, 3.8) is 0 Å². The first kappa shape index (κ1) is 46.4. The molecule has 0 spiro atoms. The fourth-order valence-electron chi connectivity index (χ4n) is 8.13. The van der Waals surface area contributed by atoms with Crippen LogP contribution in [-0.2, 0) is 0 Å². The summed E-state index contributed by atoms with van der Waals surface area (Å²) in [7, 11) is 0. The van der Waals surface area contributed by atoms with Crippen molar-refractivity contribution in [1.29, 1.82) is 0 Å². The quantitative estimate of drug-likeness (QED) is 0.0591. The summed E-state index contributed by atoms with van der Waals surface area (Å²) in [5.41, 5.74) is 0. The van der Waals surface area contributed by atoms with Gasteiger partial charge in [-0.05, 0) is 25.7 Å². The molecule has 1 aliphatic heterocycles. The highest BCUT2D eigenvalue weighted by molar-refractivity contribution is 4.97. The second-order valence-corrected chi connectivity index (χ2v) is 16.4. The third-order valence-corrected chi connectivity index (χ3v) is 11.6. The zero-order chi connectivity index (χ0) is 35.1. The second kappa shape index (κ2) is 38.6. The van der Waals surface area contributed by atoms with E-state index in [0.717, 1.165) is 0 Å². The summed E-state index contributed by atoms with van der Waals surface area (Å²) in [5, 5.41) is 0. The van der Waals surface area contributed by atoms with Crippen molar-refractivity contribution in [3.05, 3.63) is 12.4 Å². The van der Waals surface area contributed by atoms with Crippen LogP contribution in [0.3, 0.4) is 0 Å². The Morgan fingerprint density at radius 3 is 0.714 bits per heavy atom. The van der Waals surface area contributed by atoms with Crippen LogP contribution >= 0.6 is 0 Å². The molecule has 0 N–H and O–H groups in total. The fraction of sp³-hybridized carbons (Fsp3) is 0.957. The minimum atomic E-state index is 0.638. The zero-order valence-corrected chi connectivity index (χ0v) is 34.6. The molecule has 1 aliphatic rings. The van der Waals surface area contributed by atoms with Crippen LogP contribution in [0.2, 0.25) is 0 Å². The Labute approximate surface area is 311 Å². The number of unbranched alkanes of at least 4 members (excludes halogenated alkanes) is 35. The van der Waals surface area contributed by atoms with E-state index in [0.29, 0.717) is 6.17 Å². The van der Waals surface area contributed by atoms with Gasteiger partial charge in [0.2, 0.25) is 0 Å². The van der Waals surface area contributed by atoms with Crippen LogP contribution in [0, 0.1) is 0 Å². The minimum absolute atomic E-state index is 0.638. The predicted octanol–water partition coefficient (Wildman–Crippen LogP) is 16.7. The summed E-state index contributed by atoms with van der Waals surface area (Å²) in [4.78, 5) is 5.45. The molecule has 0 aromatic carbocycles. The molecule has 0 saturated heterocycles. The van der Waals surface area contributed by atoms with Crippen LogP contribution in [0.25, 0.3) is 0 Å². The first-order valence-electron chi connectivity index (χ1n) is 23.5. The molecule has 2 heteroatoms. The lowest BCUT2D eigenvalue weighted by Gasteiger charge is -2.33. The van der Waals surface area contributed by atoms with E-state index in [-0.39, 0.29) is 0 Å². The van der Waals surface area contributed by atoms with Crippen LogP contribution in [0.4, 0.5) is 0 Å². The Morgan fingerprint density at radius 1 is 0.265 bits per heavy atom. The van der Waals surface area contributed by atoms with E-state index in [4.69, 9.17) is 0 Å². The van der Waals surface area contributed by atoms with E-state index < -0.39 is 0 Å². The Hall–Kier alpha value is -0.660. The van der Waals surface area contributed by atoms with E-state index in [1.54, 1.807) is 0 Å². The number of hydrogen-bond acceptors (Lipinski definition) is 2. The summed E-state index contributed by atoms with van der Waals surface area (Å²) < 4.78 is 0. The van der Waals surface area contributed by atoms with Crippen molar-refractivity contribution in [2.24, 2.45) is 0 Å². The number of nitrogens with zero attached hydrogens (tertiary/aromatic N) is 2. The molecule has 0 amide bonds. The van der Waals surface area contributed by atoms with Gasteiger partial charge in [-0.1, -0.05) is 245 Å². The van der Waals surface area contributed by atoms with Crippen LogP contribution < -0.4 is 0 Å². The van der Waals surface area contributed by atoms with E-state index in [1.807, 2.05) is 0 Å². The largest absolute Gasteiger partial charge is 0.356 e. The molecule has 1 heterocycles. The van der Waals surface area contributed by atoms with Gasteiger partial charge < -0.3 is 9.80 Å². The van der Waals surface area contributed by atoms with E-state index in [9.17, 15) is 0 Å². The molecule has 0 aliphatic carbocycles. The van der Waals surface area contributed by atoms with Gasteiger partial charge >= 0.3 is 0 Å². The molecular formula is C47H94N2. The Bertz CT molecular complexity index is 644. The van der Waals surface area contributed by atoms with Crippen molar-refractivity contribution in [1.82, 2.24) is 9.80 Å². The molecule has 49 heavy (non-hydrogen) atoms. The normalized spacial score (nSPS) is 14.6. The molecule has 1 atom stereocenters. The highest BCUT2D eigenvalue weighted by Crippen LogP contribution is 2.24. The lowest BCUT2D eigenvalue weighted by molar-refractivity contribution is 0.135. The first-order chi connectivity index (χ1) is 24.3. The summed E-state index contributed by atoms with van der Waals surface area (Å²) in [5.74, 6) is 0. The molecule has 1 rings (SSSR count). The van der Waals surface area contributed by atoms with Crippen LogP contribution in [0.5, 0.6) is 0 Å². The van der Waals surface area contributed by atoms with Crippen molar-refractivity contribution in [2.75, 3.05) is 13.1 Å². The number of hydrogen-bond donors (Lipinski definition) is 0. The number of rotatable bonds is 41. The molecular weight excluding hydrogens is 593 g/mol. The molecule has 0 bridgehead atoms. The third kappa shape index (κ3) is 30.7. The van der Waals surface area contributed by atoms with Gasteiger partial charge in [0.15, 0.2) is 0 Å².